The first-order valence-corrected chi connectivity index (χ1v) is 8.93. The number of nitrogens with zero attached hydrogens (tertiary/aromatic N) is 1. The van der Waals surface area contributed by atoms with E-state index in [4.69, 9.17) is 15.9 Å². The minimum Gasteiger partial charge on any atom is -0.504 e. The number of aromatic hydroxyl groups is 1. The van der Waals surface area contributed by atoms with Gasteiger partial charge in [-0.3, -0.25) is 15.0 Å². The fourth-order valence-electron chi connectivity index (χ4n) is 2.94. The zero-order valence-corrected chi connectivity index (χ0v) is 15.3. The van der Waals surface area contributed by atoms with Crippen LogP contribution < -0.4 is 15.8 Å². The summed E-state index contributed by atoms with van der Waals surface area (Å²) in [6, 6.07) is 10.9. The number of anilines is 1. The number of carbonyl (C=O) groups excluding carboxylic acids is 2. The van der Waals surface area contributed by atoms with Gasteiger partial charge >= 0.3 is 0 Å². The Balaban J connectivity index is 1.56. The number of ether oxygens (including phenoxy) is 1. The molecule has 2 amide bonds. The third-order valence-corrected chi connectivity index (χ3v) is 4.44. The minimum absolute atomic E-state index is 0.000428. The molecule has 1 aliphatic rings. The molecule has 0 saturated carbocycles. The van der Waals surface area contributed by atoms with Crippen LogP contribution in [0, 0.1) is 5.41 Å². The average molecular weight is 382 g/mol. The molecule has 146 valence electrons. The standard InChI is InChI=1S/C20H22N4O4/c21-19(22)14-5-8-16(25)17(11-14)28-12-18(26)23-15-6-3-13(4-7-15)20(27)24-9-1-2-10-24/h3-8,11,25H,1-2,9-10,12H2,(H3,21,22)(H,23,26). The van der Waals surface area contributed by atoms with Crippen LogP contribution in [0.25, 0.3) is 0 Å². The molecule has 8 heteroatoms. The maximum atomic E-state index is 12.3. The lowest BCUT2D eigenvalue weighted by atomic mass is 10.2. The van der Waals surface area contributed by atoms with Crippen LogP contribution in [0.3, 0.4) is 0 Å². The maximum Gasteiger partial charge on any atom is 0.262 e. The van der Waals surface area contributed by atoms with Gasteiger partial charge in [0.15, 0.2) is 18.1 Å². The van der Waals surface area contributed by atoms with Crippen molar-refractivity contribution in [1.29, 1.82) is 5.41 Å². The van der Waals surface area contributed by atoms with Gasteiger partial charge < -0.3 is 25.8 Å². The first kappa shape index (κ1) is 19.2. The predicted octanol–water partition coefficient (Wildman–Crippen LogP) is 1.93. The molecular formula is C20H22N4O4. The van der Waals surface area contributed by atoms with Crippen molar-refractivity contribution in [3.63, 3.8) is 0 Å². The number of phenols is 1. The van der Waals surface area contributed by atoms with Crippen LogP contribution in [-0.4, -0.2) is 47.4 Å². The second-order valence-electron chi connectivity index (χ2n) is 6.51. The number of nitrogen functional groups attached to an aromatic ring is 1. The summed E-state index contributed by atoms with van der Waals surface area (Å²) in [5, 5.41) is 19.9. The monoisotopic (exact) mass is 382 g/mol. The molecule has 1 aliphatic heterocycles. The zero-order chi connectivity index (χ0) is 20.1. The Labute approximate surface area is 162 Å². The highest BCUT2D eigenvalue weighted by Crippen LogP contribution is 2.26. The number of carbonyl (C=O) groups is 2. The highest BCUT2D eigenvalue weighted by Gasteiger charge is 2.19. The third kappa shape index (κ3) is 4.59. The summed E-state index contributed by atoms with van der Waals surface area (Å²) in [4.78, 5) is 26.2. The van der Waals surface area contributed by atoms with Crippen molar-refractivity contribution in [2.24, 2.45) is 5.73 Å². The molecule has 3 rings (SSSR count). The Morgan fingerprint density at radius 3 is 2.39 bits per heavy atom. The van der Waals surface area contributed by atoms with Crippen molar-refractivity contribution in [3.8, 4) is 11.5 Å². The fourth-order valence-corrected chi connectivity index (χ4v) is 2.94. The molecule has 0 spiro atoms. The van der Waals surface area contributed by atoms with E-state index in [0.29, 0.717) is 16.8 Å². The summed E-state index contributed by atoms with van der Waals surface area (Å²) in [5.74, 6) is -0.680. The molecule has 0 atom stereocenters. The Morgan fingerprint density at radius 1 is 1.11 bits per heavy atom. The summed E-state index contributed by atoms with van der Waals surface area (Å²) >= 11 is 0. The number of hydrogen-bond acceptors (Lipinski definition) is 5. The van der Waals surface area contributed by atoms with Crippen LogP contribution in [0.2, 0.25) is 0 Å². The molecule has 0 bridgehead atoms. The molecule has 1 saturated heterocycles. The van der Waals surface area contributed by atoms with Crippen LogP contribution in [-0.2, 0) is 4.79 Å². The third-order valence-electron chi connectivity index (χ3n) is 4.44. The number of nitrogens with one attached hydrogen (secondary N) is 2. The van der Waals surface area contributed by atoms with E-state index < -0.39 is 5.91 Å². The van der Waals surface area contributed by atoms with Crippen molar-refractivity contribution in [2.45, 2.75) is 12.8 Å². The number of nitrogens with two attached hydrogens (primary N) is 1. The molecule has 28 heavy (non-hydrogen) atoms. The number of rotatable bonds is 6. The van der Waals surface area contributed by atoms with Crippen molar-refractivity contribution in [1.82, 2.24) is 4.90 Å². The molecule has 2 aromatic rings. The molecular weight excluding hydrogens is 360 g/mol. The molecule has 0 aliphatic carbocycles. The summed E-state index contributed by atoms with van der Waals surface area (Å²) < 4.78 is 5.32. The van der Waals surface area contributed by atoms with E-state index in [-0.39, 0.29) is 29.8 Å². The molecule has 1 heterocycles. The lowest BCUT2D eigenvalue weighted by Gasteiger charge is -2.15. The topological polar surface area (TPSA) is 129 Å². The highest BCUT2D eigenvalue weighted by atomic mass is 16.5. The number of amidine groups is 1. The van der Waals surface area contributed by atoms with Gasteiger partial charge in [0, 0.05) is 29.9 Å². The lowest BCUT2D eigenvalue weighted by Crippen LogP contribution is -2.27. The van der Waals surface area contributed by atoms with Crippen LogP contribution in [0.1, 0.15) is 28.8 Å². The summed E-state index contributed by atoms with van der Waals surface area (Å²) in [7, 11) is 0. The first-order valence-electron chi connectivity index (χ1n) is 8.93. The normalized spacial score (nSPS) is 13.2. The molecule has 0 aromatic heterocycles. The van der Waals surface area contributed by atoms with Gasteiger partial charge in [-0.25, -0.2) is 0 Å². The lowest BCUT2D eigenvalue weighted by molar-refractivity contribution is -0.118. The van der Waals surface area contributed by atoms with Gasteiger partial charge in [-0.1, -0.05) is 0 Å². The highest BCUT2D eigenvalue weighted by molar-refractivity contribution is 5.97. The maximum absolute atomic E-state index is 12.3. The van der Waals surface area contributed by atoms with E-state index in [1.807, 2.05) is 4.90 Å². The number of hydrogen-bond donors (Lipinski definition) is 4. The second kappa shape index (κ2) is 8.43. The predicted molar refractivity (Wildman–Crippen MR) is 105 cm³/mol. The number of benzene rings is 2. The van der Waals surface area contributed by atoms with Gasteiger partial charge in [0.05, 0.1) is 0 Å². The van der Waals surface area contributed by atoms with Crippen LogP contribution >= 0.6 is 0 Å². The van der Waals surface area contributed by atoms with Crippen molar-refractivity contribution in [3.05, 3.63) is 53.6 Å². The van der Waals surface area contributed by atoms with Gasteiger partial charge in [-0.15, -0.1) is 0 Å². The van der Waals surface area contributed by atoms with Crippen molar-refractivity contribution >= 4 is 23.3 Å². The van der Waals surface area contributed by atoms with E-state index in [1.165, 1.54) is 18.2 Å². The smallest absolute Gasteiger partial charge is 0.262 e. The Bertz CT molecular complexity index is 890. The molecule has 1 fully saturated rings. The first-order chi connectivity index (χ1) is 13.4. The fraction of sp³-hybridized carbons (Fsp3) is 0.250. The number of likely N-dealkylation sites (tertiary alicyclic amines) is 1. The average Bonchev–Trinajstić information content (AvgIpc) is 3.22. The summed E-state index contributed by atoms with van der Waals surface area (Å²) in [6.07, 6.45) is 2.06. The van der Waals surface area contributed by atoms with E-state index >= 15 is 0 Å². The number of phenolic OH excluding ortho intramolecular Hbond substituents is 1. The van der Waals surface area contributed by atoms with E-state index in [9.17, 15) is 14.7 Å². The van der Waals surface area contributed by atoms with Crippen LogP contribution in [0.15, 0.2) is 42.5 Å². The minimum atomic E-state index is -0.425. The number of amides is 2. The van der Waals surface area contributed by atoms with Crippen LogP contribution in [0.4, 0.5) is 5.69 Å². The van der Waals surface area contributed by atoms with Gasteiger partial charge in [0.1, 0.15) is 5.84 Å². The molecule has 0 radical (unpaired) electrons. The Kier molecular flexibility index (Phi) is 5.78. The largest absolute Gasteiger partial charge is 0.504 e. The zero-order valence-electron chi connectivity index (χ0n) is 15.3. The summed E-state index contributed by atoms with van der Waals surface area (Å²) in [5.41, 5.74) is 6.91. The second-order valence-corrected chi connectivity index (χ2v) is 6.51. The SMILES string of the molecule is N=C(N)c1ccc(O)c(OCC(=O)Nc2ccc(C(=O)N3CCCC3)cc2)c1. The van der Waals surface area contributed by atoms with Gasteiger partial charge in [0.25, 0.3) is 11.8 Å². The Hall–Kier alpha value is -3.55. The van der Waals surface area contributed by atoms with Gasteiger partial charge in [-0.05, 0) is 55.3 Å². The van der Waals surface area contributed by atoms with Gasteiger partial charge in [-0.2, -0.15) is 0 Å². The Morgan fingerprint density at radius 2 is 1.75 bits per heavy atom. The quantitative estimate of drug-likeness (QED) is 0.448. The molecule has 2 aromatic carbocycles. The van der Waals surface area contributed by atoms with Crippen LogP contribution in [0.5, 0.6) is 11.5 Å². The van der Waals surface area contributed by atoms with E-state index in [0.717, 1.165) is 25.9 Å². The summed E-state index contributed by atoms with van der Waals surface area (Å²) in [6.45, 7) is 1.24. The van der Waals surface area contributed by atoms with Crippen molar-refractivity contribution < 1.29 is 19.4 Å². The van der Waals surface area contributed by atoms with E-state index in [1.54, 1.807) is 24.3 Å². The van der Waals surface area contributed by atoms with Crippen molar-refractivity contribution in [2.75, 3.05) is 25.0 Å². The van der Waals surface area contributed by atoms with Gasteiger partial charge in [0.2, 0.25) is 0 Å². The molecule has 0 unspecified atom stereocenters. The van der Waals surface area contributed by atoms with E-state index in [2.05, 4.69) is 5.32 Å². The molecule has 5 N–H and O–H groups in total. The molecule has 8 nitrogen and oxygen atoms in total.